The molecule has 0 atom stereocenters. The van der Waals surface area contributed by atoms with Crippen molar-refractivity contribution in [2.45, 2.75) is 19.3 Å². The first-order valence-corrected chi connectivity index (χ1v) is 12.5. The zero-order valence-electron chi connectivity index (χ0n) is 19.0. The van der Waals surface area contributed by atoms with E-state index in [1.54, 1.807) is 6.07 Å². The van der Waals surface area contributed by atoms with Crippen LogP contribution in [-0.4, -0.2) is 64.8 Å². The van der Waals surface area contributed by atoms with Gasteiger partial charge in [0.15, 0.2) is 0 Å². The van der Waals surface area contributed by atoms with Crippen LogP contribution in [-0.2, 0) is 4.79 Å². The van der Waals surface area contributed by atoms with Crippen LogP contribution in [0.4, 0.5) is 0 Å². The fraction of sp³-hybridized carbons (Fsp3) is 0.346. The van der Waals surface area contributed by atoms with Crippen molar-refractivity contribution in [3.05, 3.63) is 76.7 Å². The van der Waals surface area contributed by atoms with E-state index < -0.39 is 0 Å². The summed E-state index contributed by atoms with van der Waals surface area (Å²) in [5, 5.41) is 4.58. The topological polar surface area (TPSA) is 74.7 Å². The number of nitrogens with zero attached hydrogens (tertiary/aromatic N) is 3. The van der Waals surface area contributed by atoms with Gasteiger partial charge in [-0.1, -0.05) is 18.2 Å². The van der Waals surface area contributed by atoms with Crippen LogP contribution in [0.3, 0.4) is 0 Å². The first kappa shape index (κ1) is 22.4. The molecule has 2 aromatic heterocycles. The average Bonchev–Trinajstić information content (AvgIpc) is 3.65. The molecule has 0 unspecified atom stereocenters. The van der Waals surface area contributed by atoms with Gasteiger partial charge >= 0.3 is 0 Å². The molecule has 1 aromatic carbocycles. The Morgan fingerprint density at radius 1 is 0.882 bits per heavy atom. The molecule has 34 heavy (non-hydrogen) atoms. The second kappa shape index (κ2) is 9.46. The summed E-state index contributed by atoms with van der Waals surface area (Å²) in [6.07, 6.45) is 6.61. The second-order valence-electron chi connectivity index (χ2n) is 9.12. The highest BCUT2D eigenvalue weighted by Gasteiger charge is 2.42. The Bertz CT molecular complexity index is 1160. The summed E-state index contributed by atoms with van der Waals surface area (Å²) in [4.78, 5) is 42.6. The van der Waals surface area contributed by atoms with Crippen LogP contribution in [0, 0.1) is 5.41 Å². The number of piperidine rings is 1. The highest BCUT2D eigenvalue weighted by molar-refractivity contribution is 7.12. The lowest BCUT2D eigenvalue weighted by atomic mass is 9.77. The van der Waals surface area contributed by atoms with E-state index in [0.29, 0.717) is 36.6 Å². The monoisotopic (exact) mass is 476 g/mol. The van der Waals surface area contributed by atoms with Gasteiger partial charge in [-0.3, -0.25) is 14.4 Å². The zero-order valence-corrected chi connectivity index (χ0v) is 19.8. The maximum Gasteiger partial charge on any atom is 0.261 e. The summed E-state index contributed by atoms with van der Waals surface area (Å²) in [6.45, 7) is 2.81. The number of para-hydroxylation sites is 1. The number of benzene rings is 1. The van der Waals surface area contributed by atoms with Crippen molar-refractivity contribution in [1.29, 1.82) is 0 Å². The number of rotatable bonds is 5. The predicted molar refractivity (Wildman–Crippen MR) is 131 cm³/mol. The van der Waals surface area contributed by atoms with Gasteiger partial charge in [-0.05, 0) is 60.4 Å². The molecular formula is C26H28N4O3S. The summed E-state index contributed by atoms with van der Waals surface area (Å²) in [6, 6.07) is 15.2. The SMILES string of the molecule is O=C(NCC(=O)N1CCC2(CCN(C(=O)c3ccccc3-n3cccc3)CC2)C1)c1cccs1. The molecule has 1 spiro atoms. The molecule has 3 aromatic rings. The minimum atomic E-state index is -0.204. The van der Waals surface area contributed by atoms with Crippen molar-refractivity contribution in [3.63, 3.8) is 0 Å². The fourth-order valence-corrected chi connectivity index (χ4v) is 5.69. The molecule has 2 aliphatic rings. The molecule has 0 aliphatic carbocycles. The number of nitrogens with one attached hydrogen (secondary N) is 1. The molecule has 8 heteroatoms. The number of carbonyl (C=O) groups is 3. The predicted octanol–water partition coefficient (Wildman–Crippen LogP) is 3.42. The smallest absolute Gasteiger partial charge is 0.261 e. The summed E-state index contributed by atoms with van der Waals surface area (Å²) in [7, 11) is 0. The van der Waals surface area contributed by atoms with Crippen LogP contribution in [0.1, 0.15) is 39.3 Å². The molecule has 1 N–H and O–H groups in total. The molecule has 3 amide bonds. The Kier molecular flexibility index (Phi) is 6.24. The van der Waals surface area contributed by atoms with Crippen molar-refractivity contribution in [1.82, 2.24) is 19.7 Å². The van der Waals surface area contributed by atoms with E-state index in [0.717, 1.165) is 24.9 Å². The molecule has 2 fully saturated rings. The molecule has 176 valence electrons. The number of hydrogen-bond donors (Lipinski definition) is 1. The van der Waals surface area contributed by atoms with Crippen molar-refractivity contribution in [2.24, 2.45) is 5.41 Å². The van der Waals surface area contributed by atoms with E-state index in [2.05, 4.69) is 5.32 Å². The molecule has 0 saturated carbocycles. The Balaban J connectivity index is 1.16. The Labute approximate surface area is 203 Å². The van der Waals surface area contributed by atoms with E-state index >= 15 is 0 Å². The van der Waals surface area contributed by atoms with Gasteiger partial charge in [-0.2, -0.15) is 0 Å². The van der Waals surface area contributed by atoms with E-state index in [9.17, 15) is 14.4 Å². The van der Waals surface area contributed by atoms with Gasteiger partial charge in [0.2, 0.25) is 5.91 Å². The lowest BCUT2D eigenvalue weighted by Crippen LogP contribution is -2.45. The van der Waals surface area contributed by atoms with Gasteiger partial charge < -0.3 is 19.7 Å². The van der Waals surface area contributed by atoms with E-state index in [-0.39, 0.29) is 29.7 Å². The van der Waals surface area contributed by atoms with Gasteiger partial charge in [0.25, 0.3) is 11.8 Å². The molecule has 2 aliphatic heterocycles. The fourth-order valence-electron chi connectivity index (χ4n) is 5.05. The zero-order chi connectivity index (χ0) is 23.5. The van der Waals surface area contributed by atoms with Crippen molar-refractivity contribution in [2.75, 3.05) is 32.7 Å². The Hall–Kier alpha value is -3.39. The van der Waals surface area contributed by atoms with Crippen molar-refractivity contribution >= 4 is 29.1 Å². The third kappa shape index (κ3) is 4.50. The van der Waals surface area contributed by atoms with Crippen LogP contribution in [0.25, 0.3) is 5.69 Å². The number of thiophene rings is 1. The molecular weight excluding hydrogens is 448 g/mol. The molecule has 4 heterocycles. The van der Waals surface area contributed by atoms with E-state index in [1.807, 2.05) is 74.6 Å². The summed E-state index contributed by atoms with van der Waals surface area (Å²) >= 11 is 1.36. The highest BCUT2D eigenvalue weighted by atomic mass is 32.1. The Morgan fingerprint density at radius 2 is 1.59 bits per heavy atom. The third-order valence-corrected chi connectivity index (χ3v) is 7.93. The molecule has 5 rings (SSSR count). The first-order chi connectivity index (χ1) is 16.5. The lowest BCUT2D eigenvalue weighted by molar-refractivity contribution is -0.129. The molecule has 0 radical (unpaired) electrons. The highest BCUT2D eigenvalue weighted by Crippen LogP contribution is 2.40. The minimum Gasteiger partial charge on any atom is -0.342 e. The number of aromatic nitrogens is 1. The van der Waals surface area contributed by atoms with E-state index in [4.69, 9.17) is 0 Å². The van der Waals surface area contributed by atoms with Crippen LogP contribution in [0.5, 0.6) is 0 Å². The molecule has 0 bridgehead atoms. The first-order valence-electron chi connectivity index (χ1n) is 11.7. The average molecular weight is 477 g/mol. The number of amides is 3. The molecule has 7 nitrogen and oxygen atoms in total. The number of likely N-dealkylation sites (tertiary alicyclic amines) is 2. The normalized spacial score (nSPS) is 17.2. The summed E-state index contributed by atoms with van der Waals surface area (Å²) in [5.74, 6) is -0.188. The Morgan fingerprint density at radius 3 is 2.29 bits per heavy atom. The minimum absolute atomic E-state index is 0.0214. The van der Waals surface area contributed by atoms with Gasteiger partial charge in [-0.15, -0.1) is 11.3 Å². The summed E-state index contributed by atoms with van der Waals surface area (Å²) in [5.41, 5.74) is 1.66. The quantitative estimate of drug-likeness (QED) is 0.613. The lowest BCUT2D eigenvalue weighted by Gasteiger charge is -2.39. The standard InChI is InChI=1S/C26H28N4O3S/c31-23(18-27-24(32)22-8-5-17-34-22)30-16-11-26(19-30)9-14-29(15-10-26)25(33)20-6-1-2-7-21(20)28-12-3-4-13-28/h1-8,12-13,17H,9-11,14-16,18-19H2,(H,27,32). The maximum atomic E-state index is 13.3. The van der Waals surface area contributed by atoms with Crippen LogP contribution >= 0.6 is 11.3 Å². The summed E-state index contributed by atoms with van der Waals surface area (Å²) < 4.78 is 1.97. The molecule has 2 saturated heterocycles. The van der Waals surface area contributed by atoms with Crippen LogP contribution in [0.15, 0.2) is 66.3 Å². The maximum absolute atomic E-state index is 13.3. The van der Waals surface area contributed by atoms with Gasteiger partial charge in [0, 0.05) is 38.6 Å². The third-order valence-electron chi connectivity index (χ3n) is 7.06. The van der Waals surface area contributed by atoms with Crippen molar-refractivity contribution < 1.29 is 14.4 Å². The number of hydrogen-bond acceptors (Lipinski definition) is 4. The van der Waals surface area contributed by atoms with Crippen molar-refractivity contribution in [3.8, 4) is 5.69 Å². The van der Waals surface area contributed by atoms with E-state index in [1.165, 1.54) is 11.3 Å². The second-order valence-corrected chi connectivity index (χ2v) is 10.1. The largest absolute Gasteiger partial charge is 0.342 e. The van der Waals surface area contributed by atoms with Crippen LogP contribution in [0.2, 0.25) is 0 Å². The van der Waals surface area contributed by atoms with Gasteiger partial charge in [0.05, 0.1) is 22.7 Å². The van der Waals surface area contributed by atoms with Gasteiger partial charge in [-0.25, -0.2) is 0 Å². The van der Waals surface area contributed by atoms with Crippen LogP contribution < -0.4 is 5.32 Å². The van der Waals surface area contributed by atoms with Gasteiger partial charge in [0.1, 0.15) is 0 Å². The number of carbonyl (C=O) groups excluding carboxylic acids is 3.